The molecule has 0 aliphatic rings. The van der Waals surface area contributed by atoms with E-state index in [2.05, 4.69) is 0 Å². The Balaban J connectivity index is 4.97. The van der Waals surface area contributed by atoms with E-state index in [1.807, 2.05) is 46.4 Å². The van der Waals surface area contributed by atoms with Gasteiger partial charge < -0.3 is 9.47 Å². The number of nitrogens with zero attached hydrogens (tertiary/aromatic N) is 1. The van der Waals surface area contributed by atoms with E-state index in [1.165, 1.54) is 0 Å². The first kappa shape index (κ1) is 19.9. The number of rotatable bonds is 10. The molecule has 21 heavy (non-hydrogen) atoms. The van der Waals surface area contributed by atoms with Gasteiger partial charge in [-0.2, -0.15) is 0 Å². The maximum absolute atomic E-state index is 12.3. The summed E-state index contributed by atoms with van der Waals surface area (Å²) >= 11 is 0. The molecule has 0 aromatic heterocycles. The summed E-state index contributed by atoms with van der Waals surface area (Å²) in [6.07, 6.45) is 1.58. The molecule has 0 saturated heterocycles. The SMILES string of the molecule is CCCOC(=O)CC(C(=O)OCCC)N(C(C)C)C(C)C. The van der Waals surface area contributed by atoms with E-state index < -0.39 is 6.04 Å². The van der Waals surface area contributed by atoms with Gasteiger partial charge in [-0.15, -0.1) is 0 Å². The Hall–Kier alpha value is -1.10. The van der Waals surface area contributed by atoms with Gasteiger partial charge in [-0.05, 0) is 40.5 Å². The number of carbonyl (C=O) groups is 2. The maximum Gasteiger partial charge on any atom is 0.323 e. The molecule has 0 saturated carbocycles. The van der Waals surface area contributed by atoms with Crippen molar-refractivity contribution in [2.45, 2.75) is 78.9 Å². The van der Waals surface area contributed by atoms with Crippen molar-refractivity contribution in [1.29, 1.82) is 0 Å². The van der Waals surface area contributed by atoms with Crippen LogP contribution >= 0.6 is 0 Å². The van der Waals surface area contributed by atoms with Crippen LogP contribution in [0.2, 0.25) is 0 Å². The van der Waals surface area contributed by atoms with Crippen LogP contribution in [0.3, 0.4) is 0 Å². The molecule has 0 aliphatic carbocycles. The average Bonchev–Trinajstić information content (AvgIpc) is 2.40. The van der Waals surface area contributed by atoms with Gasteiger partial charge in [0, 0.05) is 12.1 Å². The fourth-order valence-corrected chi connectivity index (χ4v) is 2.36. The monoisotopic (exact) mass is 301 g/mol. The van der Waals surface area contributed by atoms with Crippen molar-refractivity contribution in [2.24, 2.45) is 0 Å². The van der Waals surface area contributed by atoms with Gasteiger partial charge in [0.25, 0.3) is 0 Å². The molecule has 0 rings (SSSR count). The molecule has 0 aliphatic heterocycles. The summed E-state index contributed by atoms with van der Waals surface area (Å²) in [6.45, 7) is 12.7. The lowest BCUT2D eigenvalue weighted by atomic mass is 10.1. The highest BCUT2D eigenvalue weighted by Gasteiger charge is 2.33. The Morgan fingerprint density at radius 2 is 1.38 bits per heavy atom. The molecule has 0 spiro atoms. The molecule has 1 unspecified atom stereocenters. The van der Waals surface area contributed by atoms with Crippen molar-refractivity contribution < 1.29 is 19.1 Å². The number of hydrogen-bond donors (Lipinski definition) is 0. The lowest BCUT2D eigenvalue weighted by molar-refractivity contribution is -0.158. The van der Waals surface area contributed by atoms with E-state index in [0.29, 0.717) is 13.2 Å². The van der Waals surface area contributed by atoms with Gasteiger partial charge in [-0.3, -0.25) is 14.5 Å². The zero-order valence-corrected chi connectivity index (χ0v) is 14.3. The molecule has 124 valence electrons. The van der Waals surface area contributed by atoms with Gasteiger partial charge in [0.05, 0.1) is 19.6 Å². The minimum Gasteiger partial charge on any atom is -0.466 e. The number of ether oxygens (including phenoxy) is 2. The Labute approximate surface area is 129 Å². The number of carbonyl (C=O) groups excluding carboxylic acids is 2. The largest absolute Gasteiger partial charge is 0.466 e. The molecule has 1 atom stereocenters. The predicted octanol–water partition coefficient (Wildman–Crippen LogP) is 2.77. The van der Waals surface area contributed by atoms with Crippen LogP contribution in [0.1, 0.15) is 60.8 Å². The Bertz CT molecular complexity index is 307. The van der Waals surface area contributed by atoms with E-state index in [4.69, 9.17) is 9.47 Å². The summed E-state index contributed by atoms with van der Waals surface area (Å²) < 4.78 is 10.4. The van der Waals surface area contributed by atoms with Gasteiger partial charge in [0.2, 0.25) is 0 Å². The van der Waals surface area contributed by atoms with Crippen LogP contribution in [0.5, 0.6) is 0 Å². The molecule has 0 amide bonds. The third-order valence-electron chi connectivity index (χ3n) is 3.10. The highest BCUT2D eigenvalue weighted by atomic mass is 16.5. The second-order valence-electron chi connectivity index (χ2n) is 5.74. The summed E-state index contributed by atoms with van der Waals surface area (Å²) in [4.78, 5) is 26.2. The molecule has 0 heterocycles. The summed E-state index contributed by atoms with van der Waals surface area (Å²) in [5.74, 6) is -0.686. The first-order chi connectivity index (χ1) is 9.84. The first-order valence-corrected chi connectivity index (χ1v) is 7.94. The highest BCUT2D eigenvalue weighted by molar-refractivity contribution is 5.82. The lowest BCUT2D eigenvalue weighted by Gasteiger charge is -2.36. The van der Waals surface area contributed by atoms with Crippen LogP contribution in [0, 0.1) is 0 Å². The quantitative estimate of drug-likeness (QED) is 0.581. The zero-order valence-electron chi connectivity index (χ0n) is 14.3. The van der Waals surface area contributed by atoms with Crippen LogP contribution in [-0.2, 0) is 19.1 Å². The molecule has 0 N–H and O–H groups in total. The van der Waals surface area contributed by atoms with Gasteiger partial charge in [0.1, 0.15) is 6.04 Å². The third-order valence-corrected chi connectivity index (χ3v) is 3.10. The lowest BCUT2D eigenvalue weighted by Crippen LogP contribution is -2.50. The first-order valence-electron chi connectivity index (χ1n) is 7.94. The highest BCUT2D eigenvalue weighted by Crippen LogP contribution is 2.16. The molecule has 5 nitrogen and oxygen atoms in total. The van der Waals surface area contributed by atoms with E-state index >= 15 is 0 Å². The summed E-state index contributed by atoms with van der Waals surface area (Å²) in [5.41, 5.74) is 0. The van der Waals surface area contributed by atoms with Gasteiger partial charge in [-0.25, -0.2) is 0 Å². The van der Waals surface area contributed by atoms with Crippen molar-refractivity contribution in [1.82, 2.24) is 4.90 Å². The molecule has 0 aromatic rings. The maximum atomic E-state index is 12.3. The van der Waals surface area contributed by atoms with Crippen LogP contribution in [-0.4, -0.2) is 48.2 Å². The second-order valence-corrected chi connectivity index (χ2v) is 5.74. The van der Waals surface area contributed by atoms with Gasteiger partial charge >= 0.3 is 11.9 Å². The molecule has 0 bridgehead atoms. The van der Waals surface area contributed by atoms with E-state index in [-0.39, 0.29) is 30.4 Å². The van der Waals surface area contributed by atoms with Crippen LogP contribution in [0.4, 0.5) is 0 Å². The predicted molar refractivity (Wildman–Crippen MR) is 83.0 cm³/mol. The normalized spacial score (nSPS) is 12.8. The molecule has 0 aromatic carbocycles. The Morgan fingerprint density at radius 3 is 1.81 bits per heavy atom. The standard InChI is InChI=1S/C16H31NO4/c1-7-9-20-15(18)11-14(16(19)21-10-8-2)17(12(3)4)13(5)6/h12-14H,7-11H2,1-6H3. The number of hydrogen-bond acceptors (Lipinski definition) is 5. The third kappa shape index (κ3) is 7.46. The van der Waals surface area contributed by atoms with Gasteiger partial charge in [0.15, 0.2) is 0 Å². The number of esters is 2. The van der Waals surface area contributed by atoms with Crippen LogP contribution in [0.25, 0.3) is 0 Å². The second kappa shape index (κ2) is 10.6. The Morgan fingerprint density at radius 1 is 0.905 bits per heavy atom. The van der Waals surface area contributed by atoms with Crippen molar-refractivity contribution in [2.75, 3.05) is 13.2 Å². The smallest absolute Gasteiger partial charge is 0.323 e. The van der Waals surface area contributed by atoms with Crippen molar-refractivity contribution in [3.05, 3.63) is 0 Å². The van der Waals surface area contributed by atoms with Crippen LogP contribution in [0.15, 0.2) is 0 Å². The molecular weight excluding hydrogens is 270 g/mol. The topological polar surface area (TPSA) is 55.8 Å². The molecular formula is C16H31NO4. The molecule has 5 heteroatoms. The van der Waals surface area contributed by atoms with Crippen molar-refractivity contribution in [3.8, 4) is 0 Å². The molecule has 0 fully saturated rings. The summed E-state index contributed by atoms with van der Waals surface area (Å²) in [7, 11) is 0. The van der Waals surface area contributed by atoms with E-state index in [9.17, 15) is 9.59 Å². The van der Waals surface area contributed by atoms with Crippen LogP contribution < -0.4 is 0 Å². The molecule has 0 radical (unpaired) electrons. The van der Waals surface area contributed by atoms with E-state index in [1.54, 1.807) is 0 Å². The van der Waals surface area contributed by atoms with E-state index in [0.717, 1.165) is 12.8 Å². The van der Waals surface area contributed by atoms with Crippen molar-refractivity contribution >= 4 is 11.9 Å². The minimum atomic E-state index is -0.582. The zero-order chi connectivity index (χ0) is 16.4. The Kier molecular flexibility index (Phi) is 10.0. The fraction of sp³-hybridized carbons (Fsp3) is 0.875. The summed E-state index contributed by atoms with van der Waals surface area (Å²) in [5, 5.41) is 0. The van der Waals surface area contributed by atoms with Crippen molar-refractivity contribution in [3.63, 3.8) is 0 Å². The average molecular weight is 301 g/mol. The minimum absolute atomic E-state index is 0.0406. The summed E-state index contributed by atoms with van der Waals surface area (Å²) in [6, 6.07) is -0.299. The van der Waals surface area contributed by atoms with Gasteiger partial charge in [-0.1, -0.05) is 13.8 Å². The fourth-order valence-electron chi connectivity index (χ4n) is 2.36.